The lowest BCUT2D eigenvalue weighted by molar-refractivity contribution is -0.384. The van der Waals surface area contributed by atoms with Gasteiger partial charge in [0, 0.05) is 17.7 Å². The molecule has 0 unspecified atom stereocenters. The minimum Gasteiger partial charge on any atom is -0.508 e. The number of nitrogens with zero attached hydrogens (tertiary/aromatic N) is 2. The summed E-state index contributed by atoms with van der Waals surface area (Å²) in [5, 5.41) is 28.1. The third kappa shape index (κ3) is 1.78. The van der Waals surface area contributed by atoms with E-state index in [0.29, 0.717) is 0 Å². The maximum Gasteiger partial charge on any atom is 0.270 e. The van der Waals surface area contributed by atoms with Gasteiger partial charge in [0.05, 0.1) is 11.0 Å². The molecule has 0 fully saturated rings. The van der Waals surface area contributed by atoms with Gasteiger partial charge in [-0.05, 0) is 6.07 Å². The van der Waals surface area contributed by atoms with E-state index in [0.717, 1.165) is 18.2 Å². The Morgan fingerprint density at radius 3 is 2.79 bits per heavy atom. The number of benzene rings is 1. The van der Waals surface area contributed by atoms with Gasteiger partial charge in [0.2, 0.25) is 0 Å². The van der Waals surface area contributed by atoms with E-state index in [1.54, 1.807) is 6.07 Å². The zero-order chi connectivity index (χ0) is 10.7. The number of rotatable bonds is 2. The fraction of sp³-hybridized carbons (Fsp3) is 0.125. The number of nitro groups is 1. The maximum atomic E-state index is 10.4. The molecule has 1 aromatic carbocycles. The van der Waals surface area contributed by atoms with Crippen molar-refractivity contribution in [2.45, 2.75) is 6.04 Å². The van der Waals surface area contributed by atoms with E-state index in [9.17, 15) is 15.2 Å². The number of phenolic OH excluding ortho intramolecular Hbond substituents is 1. The van der Waals surface area contributed by atoms with E-state index in [1.165, 1.54) is 0 Å². The summed E-state index contributed by atoms with van der Waals surface area (Å²) in [5.41, 5.74) is 5.17. The molecule has 0 aromatic heterocycles. The highest BCUT2D eigenvalue weighted by Crippen LogP contribution is 2.26. The van der Waals surface area contributed by atoms with Crippen molar-refractivity contribution < 1.29 is 10.0 Å². The molecule has 72 valence electrons. The minimum absolute atomic E-state index is 0.0571. The van der Waals surface area contributed by atoms with Gasteiger partial charge >= 0.3 is 0 Å². The van der Waals surface area contributed by atoms with Gasteiger partial charge in [-0.25, -0.2) is 0 Å². The number of non-ortho nitro benzene ring substituents is 1. The third-order valence-electron chi connectivity index (χ3n) is 1.70. The molecule has 0 amide bonds. The molecule has 6 heteroatoms. The molecule has 0 aliphatic rings. The van der Waals surface area contributed by atoms with E-state index in [4.69, 9.17) is 11.0 Å². The average Bonchev–Trinajstić information content (AvgIpc) is 2.17. The molecule has 14 heavy (non-hydrogen) atoms. The SMILES string of the molecule is N#C[C@H](N)c1cc([N+](=O)[O-])ccc1O. The number of nitriles is 1. The topological polar surface area (TPSA) is 113 Å². The molecule has 1 rings (SSSR count). The molecule has 0 heterocycles. The first-order valence-corrected chi connectivity index (χ1v) is 3.68. The number of nitro benzene ring substituents is 1. The van der Waals surface area contributed by atoms with Gasteiger partial charge in [-0.1, -0.05) is 0 Å². The Bertz CT molecular complexity index is 411. The Balaban J connectivity index is 3.23. The first-order chi connectivity index (χ1) is 6.56. The number of hydrogen-bond donors (Lipinski definition) is 2. The molecule has 0 aliphatic heterocycles. The Morgan fingerprint density at radius 1 is 1.64 bits per heavy atom. The van der Waals surface area contributed by atoms with Crippen LogP contribution in [-0.2, 0) is 0 Å². The molecule has 0 bridgehead atoms. The van der Waals surface area contributed by atoms with Crippen LogP contribution in [0, 0.1) is 21.4 Å². The Labute approximate surface area is 79.3 Å². The van der Waals surface area contributed by atoms with Crippen molar-refractivity contribution in [2.75, 3.05) is 0 Å². The summed E-state index contributed by atoms with van der Waals surface area (Å²) in [7, 11) is 0. The number of aromatic hydroxyl groups is 1. The maximum absolute atomic E-state index is 10.4. The number of hydrogen-bond acceptors (Lipinski definition) is 5. The number of nitrogens with two attached hydrogens (primary N) is 1. The molecule has 3 N–H and O–H groups in total. The van der Waals surface area contributed by atoms with Gasteiger partial charge in [0.15, 0.2) is 0 Å². The summed E-state index contributed by atoms with van der Waals surface area (Å²) < 4.78 is 0. The quantitative estimate of drug-likeness (QED) is 0.533. The summed E-state index contributed by atoms with van der Waals surface area (Å²) in [4.78, 5) is 9.76. The molecule has 0 saturated carbocycles. The largest absolute Gasteiger partial charge is 0.508 e. The third-order valence-corrected chi connectivity index (χ3v) is 1.70. The summed E-state index contributed by atoms with van der Waals surface area (Å²) in [5.74, 6) is -0.218. The standard InChI is InChI=1S/C8H7N3O3/c9-4-7(10)6-3-5(11(13)14)1-2-8(6)12/h1-3,7,12H,10H2/t7-/m0/s1. The van der Waals surface area contributed by atoms with Crippen molar-refractivity contribution in [1.82, 2.24) is 0 Å². The van der Waals surface area contributed by atoms with E-state index < -0.39 is 11.0 Å². The lowest BCUT2D eigenvalue weighted by Gasteiger charge is -2.04. The van der Waals surface area contributed by atoms with Crippen LogP contribution in [0.3, 0.4) is 0 Å². The van der Waals surface area contributed by atoms with E-state index in [-0.39, 0.29) is 17.0 Å². The Morgan fingerprint density at radius 2 is 2.29 bits per heavy atom. The second kappa shape index (κ2) is 3.72. The smallest absolute Gasteiger partial charge is 0.270 e. The zero-order valence-corrected chi connectivity index (χ0v) is 7.04. The molecule has 1 atom stereocenters. The van der Waals surface area contributed by atoms with Crippen molar-refractivity contribution in [3.8, 4) is 11.8 Å². The lowest BCUT2D eigenvalue weighted by Crippen LogP contribution is -2.07. The van der Waals surface area contributed by atoms with Crippen LogP contribution in [0.4, 0.5) is 5.69 Å². The molecule has 0 saturated heterocycles. The highest BCUT2D eigenvalue weighted by Gasteiger charge is 2.15. The molecule has 0 radical (unpaired) electrons. The van der Waals surface area contributed by atoms with E-state index in [1.807, 2.05) is 0 Å². The van der Waals surface area contributed by atoms with Gasteiger partial charge < -0.3 is 10.8 Å². The fourth-order valence-corrected chi connectivity index (χ4v) is 0.974. The molecule has 0 aliphatic carbocycles. The molecular weight excluding hydrogens is 186 g/mol. The normalized spacial score (nSPS) is 11.7. The van der Waals surface area contributed by atoms with Crippen LogP contribution in [0.5, 0.6) is 5.75 Å². The van der Waals surface area contributed by atoms with Crippen LogP contribution in [-0.4, -0.2) is 10.0 Å². The van der Waals surface area contributed by atoms with Crippen molar-refractivity contribution in [1.29, 1.82) is 5.26 Å². The van der Waals surface area contributed by atoms with Crippen molar-refractivity contribution in [2.24, 2.45) is 5.73 Å². The number of phenols is 1. The highest BCUT2D eigenvalue weighted by molar-refractivity contribution is 5.46. The zero-order valence-electron chi connectivity index (χ0n) is 7.04. The van der Waals surface area contributed by atoms with Crippen molar-refractivity contribution in [3.05, 3.63) is 33.9 Å². The molecular formula is C8H7N3O3. The van der Waals surface area contributed by atoms with Gasteiger partial charge in [0.25, 0.3) is 5.69 Å². The van der Waals surface area contributed by atoms with Crippen LogP contribution >= 0.6 is 0 Å². The second-order valence-corrected chi connectivity index (χ2v) is 2.61. The van der Waals surface area contributed by atoms with Crippen LogP contribution in [0.15, 0.2) is 18.2 Å². The van der Waals surface area contributed by atoms with Crippen molar-refractivity contribution in [3.63, 3.8) is 0 Å². The molecule has 6 nitrogen and oxygen atoms in total. The lowest BCUT2D eigenvalue weighted by atomic mass is 10.1. The van der Waals surface area contributed by atoms with E-state index >= 15 is 0 Å². The van der Waals surface area contributed by atoms with E-state index in [2.05, 4.69) is 0 Å². The predicted molar refractivity (Wildman–Crippen MR) is 47.3 cm³/mol. The van der Waals surface area contributed by atoms with Crippen LogP contribution in [0.25, 0.3) is 0 Å². The van der Waals surface area contributed by atoms with Gasteiger partial charge in [-0.2, -0.15) is 5.26 Å². The van der Waals surface area contributed by atoms with Gasteiger partial charge in [-0.3, -0.25) is 10.1 Å². The van der Waals surface area contributed by atoms with Crippen molar-refractivity contribution >= 4 is 5.69 Å². The summed E-state index contributed by atoms with van der Waals surface area (Å²) in [6.45, 7) is 0. The molecule has 1 aromatic rings. The van der Waals surface area contributed by atoms with Gasteiger partial charge in [-0.15, -0.1) is 0 Å². The average molecular weight is 193 g/mol. The Hall–Kier alpha value is -2.13. The molecule has 0 spiro atoms. The van der Waals surface area contributed by atoms with Crippen LogP contribution in [0.2, 0.25) is 0 Å². The first-order valence-electron chi connectivity index (χ1n) is 3.68. The Kier molecular flexibility index (Phi) is 2.65. The highest BCUT2D eigenvalue weighted by atomic mass is 16.6. The monoisotopic (exact) mass is 193 g/mol. The summed E-state index contributed by atoms with van der Waals surface area (Å²) in [6, 6.07) is 3.99. The summed E-state index contributed by atoms with van der Waals surface area (Å²) in [6.07, 6.45) is 0. The second-order valence-electron chi connectivity index (χ2n) is 2.61. The summed E-state index contributed by atoms with van der Waals surface area (Å²) >= 11 is 0. The first kappa shape index (κ1) is 9.95. The fourth-order valence-electron chi connectivity index (χ4n) is 0.974. The predicted octanol–water partition coefficient (Wildman–Crippen LogP) is 0.824. The minimum atomic E-state index is -1.06. The van der Waals surface area contributed by atoms with Gasteiger partial charge in [0.1, 0.15) is 11.8 Å². The van der Waals surface area contributed by atoms with Crippen LogP contribution in [0.1, 0.15) is 11.6 Å². The van der Waals surface area contributed by atoms with Crippen LogP contribution < -0.4 is 5.73 Å².